The molecule has 158 valence electrons. The molecule has 0 radical (unpaired) electrons. The Hall–Kier alpha value is -2.72. The SMILES string of the molecule is F[C@@H]1COCC[C@@H]1Nc1nc2c(OCC34COC(C3)C4)c(-c3cn[nH]c3)ccn2n1. The lowest BCUT2D eigenvalue weighted by molar-refractivity contribution is 0.0284. The molecule has 2 bridgehead atoms. The lowest BCUT2D eigenvalue weighted by atomic mass is 9.71. The number of ether oxygens (including phenoxy) is 3. The van der Waals surface area contributed by atoms with Gasteiger partial charge in [0.25, 0.3) is 0 Å². The minimum absolute atomic E-state index is 0.0924. The van der Waals surface area contributed by atoms with E-state index in [-0.39, 0.29) is 18.1 Å². The van der Waals surface area contributed by atoms with E-state index in [9.17, 15) is 4.39 Å². The molecule has 3 aliphatic heterocycles. The monoisotopic (exact) mass is 414 g/mol. The van der Waals surface area contributed by atoms with Crippen LogP contribution in [-0.2, 0) is 9.47 Å². The van der Waals surface area contributed by atoms with Crippen LogP contribution >= 0.6 is 0 Å². The normalized spacial score (nSPS) is 30.4. The molecule has 7 rings (SSSR count). The van der Waals surface area contributed by atoms with Crippen molar-refractivity contribution in [1.29, 1.82) is 0 Å². The van der Waals surface area contributed by atoms with Crippen LogP contribution in [0.25, 0.3) is 16.8 Å². The molecule has 10 heteroatoms. The minimum atomic E-state index is -1.09. The van der Waals surface area contributed by atoms with Crippen molar-refractivity contribution >= 4 is 11.6 Å². The third kappa shape index (κ3) is 3.02. The number of pyridine rings is 1. The van der Waals surface area contributed by atoms with Crippen molar-refractivity contribution in [2.24, 2.45) is 5.41 Å². The quantitative estimate of drug-likeness (QED) is 0.638. The number of halogens is 1. The molecule has 1 aliphatic carbocycles. The second-order valence-electron chi connectivity index (χ2n) is 8.51. The predicted molar refractivity (Wildman–Crippen MR) is 105 cm³/mol. The van der Waals surface area contributed by atoms with E-state index in [0.717, 1.165) is 30.6 Å². The Balaban J connectivity index is 1.34. The van der Waals surface area contributed by atoms with E-state index >= 15 is 0 Å². The standard InChI is InChI=1S/C20H23FN6O3/c21-15-9-28-4-2-16(15)24-19-25-18-17(30-11-20-5-13(6-20)29-10-20)14(1-3-27(18)26-19)12-7-22-23-8-12/h1,3,7-8,13,15-16H,2,4-6,9-11H2,(H,22,23)(H,24,26)/t13?,15-,16+,20?/m1/s1. The lowest BCUT2D eigenvalue weighted by Gasteiger charge is -2.34. The number of aromatic amines is 1. The number of nitrogens with zero attached hydrogens (tertiary/aromatic N) is 4. The highest BCUT2D eigenvalue weighted by Crippen LogP contribution is 2.50. The van der Waals surface area contributed by atoms with E-state index in [0.29, 0.717) is 43.1 Å². The molecule has 0 amide bonds. The number of aromatic nitrogens is 5. The van der Waals surface area contributed by atoms with E-state index in [2.05, 4.69) is 25.6 Å². The van der Waals surface area contributed by atoms with Crippen molar-refractivity contribution in [2.45, 2.75) is 37.6 Å². The maximum atomic E-state index is 14.2. The van der Waals surface area contributed by atoms with Gasteiger partial charge in [0.2, 0.25) is 5.95 Å². The Kier molecular flexibility index (Phi) is 4.17. The summed E-state index contributed by atoms with van der Waals surface area (Å²) in [5, 5.41) is 14.5. The number of alkyl halides is 1. The van der Waals surface area contributed by atoms with Crippen molar-refractivity contribution in [1.82, 2.24) is 24.8 Å². The van der Waals surface area contributed by atoms with Crippen LogP contribution in [0.3, 0.4) is 0 Å². The first-order chi connectivity index (χ1) is 14.7. The van der Waals surface area contributed by atoms with E-state index in [4.69, 9.17) is 14.2 Å². The molecule has 3 aromatic rings. The van der Waals surface area contributed by atoms with Crippen LogP contribution in [-0.4, -0.2) is 69.5 Å². The number of anilines is 1. The van der Waals surface area contributed by atoms with Gasteiger partial charge in [-0.2, -0.15) is 10.1 Å². The van der Waals surface area contributed by atoms with E-state index in [1.54, 1.807) is 10.7 Å². The summed E-state index contributed by atoms with van der Waals surface area (Å²) in [6, 6.07) is 1.57. The largest absolute Gasteiger partial charge is 0.488 e. The second-order valence-corrected chi connectivity index (χ2v) is 8.51. The first-order valence-electron chi connectivity index (χ1n) is 10.3. The molecule has 0 aromatic carbocycles. The topological polar surface area (TPSA) is 98.6 Å². The average Bonchev–Trinajstić information content (AvgIpc) is 3.50. The van der Waals surface area contributed by atoms with Gasteiger partial charge in [0.15, 0.2) is 11.4 Å². The average molecular weight is 414 g/mol. The Morgan fingerprint density at radius 1 is 1.40 bits per heavy atom. The zero-order valence-electron chi connectivity index (χ0n) is 16.4. The molecular weight excluding hydrogens is 391 g/mol. The molecule has 0 unspecified atom stereocenters. The van der Waals surface area contributed by atoms with E-state index in [1.807, 2.05) is 18.5 Å². The van der Waals surface area contributed by atoms with Gasteiger partial charge in [-0.3, -0.25) is 5.10 Å². The van der Waals surface area contributed by atoms with Crippen molar-refractivity contribution in [3.05, 3.63) is 24.7 Å². The van der Waals surface area contributed by atoms with E-state index < -0.39 is 6.17 Å². The summed E-state index contributed by atoms with van der Waals surface area (Å²) < 4.78 is 33.1. The molecule has 2 atom stereocenters. The van der Waals surface area contributed by atoms with Crippen LogP contribution in [0.15, 0.2) is 24.7 Å². The summed E-state index contributed by atoms with van der Waals surface area (Å²) in [7, 11) is 0. The third-order valence-corrected chi connectivity index (χ3v) is 6.34. The van der Waals surface area contributed by atoms with Crippen molar-refractivity contribution < 1.29 is 18.6 Å². The van der Waals surface area contributed by atoms with Gasteiger partial charge in [-0.1, -0.05) is 0 Å². The zero-order valence-corrected chi connectivity index (χ0v) is 16.4. The summed E-state index contributed by atoms with van der Waals surface area (Å²) in [4.78, 5) is 4.64. The van der Waals surface area contributed by atoms with Gasteiger partial charge < -0.3 is 19.5 Å². The highest BCUT2D eigenvalue weighted by atomic mass is 19.1. The number of hydrogen-bond acceptors (Lipinski definition) is 7. The summed E-state index contributed by atoms with van der Waals surface area (Å²) >= 11 is 0. The van der Waals surface area contributed by atoms with Crippen LogP contribution in [0.4, 0.5) is 10.3 Å². The minimum Gasteiger partial charge on any atom is -0.488 e. The highest BCUT2D eigenvalue weighted by Gasteiger charge is 2.52. The Bertz CT molecular complexity index is 1040. The fourth-order valence-electron chi connectivity index (χ4n) is 4.61. The van der Waals surface area contributed by atoms with Crippen molar-refractivity contribution in [2.75, 3.05) is 31.7 Å². The Morgan fingerprint density at radius 2 is 2.33 bits per heavy atom. The fourth-order valence-corrected chi connectivity index (χ4v) is 4.61. The number of nitrogens with one attached hydrogen (secondary N) is 2. The third-order valence-electron chi connectivity index (χ3n) is 6.34. The molecule has 9 nitrogen and oxygen atoms in total. The van der Waals surface area contributed by atoms with Gasteiger partial charge in [0, 0.05) is 35.5 Å². The first-order valence-corrected chi connectivity index (χ1v) is 10.3. The summed E-state index contributed by atoms with van der Waals surface area (Å²) in [5.41, 5.74) is 2.47. The van der Waals surface area contributed by atoms with Crippen LogP contribution in [0, 0.1) is 5.41 Å². The molecule has 4 fully saturated rings. The molecule has 0 spiro atoms. The Labute approximate surface area is 171 Å². The van der Waals surface area contributed by atoms with Crippen molar-refractivity contribution in [3.63, 3.8) is 0 Å². The molecular formula is C20H23FN6O3. The maximum absolute atomic E-state index is 14.2. The molecule has 2 N–H and O–H groups in total. The number of fused-ring (bicyclic) bond motifs is 2. The lowest BCUT2D eigenvalue weighted by Crippen LogP contribution is -2.39. The maximum Gasteiger partial charge on any atom is 0.243 e. The summed E-state index contributed by atoms with van der Waals surface area (Å²) in [5.74, 6) is 1.03. The molecule has 1 saturated carbocycles. The fraction of sp³-hybridized carbons (Fsp3) is 0.550. The molecule has 30 heavy (non-hydrogen) atoms. The zero-order chi connectivity index (χ0) is 20.1. The van der Waals surface area contributed by atoms with Gasteiger partial charge >= 0.3 is 0 Å². The summed E-state index contributed by atoms with van der Waals surface area (Å²) in [6.07, 6.45) is 7.35. The Morgan fingerprint density at radius 3 is 3.10 bits per heavy atom. The molecule has 6 heterocycles. The van der Waals surface area contributed by atoms with Crippen LogP contribution < -0.4 is 10.1 Å². The number of hydrogen-bond donors (Lipinski definition) is 2. The van der Waals surface area contributed by atoms with Gasteiger partial charge in [-0.05, 0) is 25.3 Å². The summed E-state index contributed by atoms with van der Waals surface area (Å²) in [6.45, 7) is 1.92. The van der Waals surface area contributed by atoms with Crippen molar-refractivity contribution in [3.8, 4) is 16.9 Å². The van der Waals surface area contributed by atoms with E-state index in [1.165, 1.54) is 0 Å². The van der Waals surface area contributed by atoms with Gasteiger partial charge in [-0.15, -0.1) is 5.10 Å². The van der Waals surface area contributed by atoms with Crippen LogP contribution in [0.5, 0.6) is 5.75 Å². The smallest absolute Gasteiger partial charge is 0.243 e. The van der Waals surface area contributed by atoms with Gasteiger partial charge in [0.1, 0.15) is 6.17 Å². The van der Waals surface area contributed by atoms with Gasteiger partial charge in [-0.25, -0.2) is 8.91 Å². The molecule has 3 aromatic heterocycles. The number of H-pyrrole nitrogens is 1. The van der Waals surface area contributed by atoms with Crippen LogP contribution in [0.1, 0.15) is 19.3 Å². The van der Waals surface area contributed by atoms with Gasteiger partial charge in [0.05, 0.1) is 38.2 Å². The first kappa shape index (κ1) is 18.1. The second kappa shape index (κ2) is 6.92. The molecule has 3 saturated heterocycles. The van der Waals surface area contributed by atoms with Crippen LogP contribution in [0.2, 0.25) is 0 Å². The highest BCUT2D eigenvalue weighted by molar-refractivity contribution is 5.77. The number of rotatable bonds is 6. The molecule has 4 aliphatic rings. The predicted octanol–water partition coefficient (Wildman–Crippen LogP) is 2.22.